The standard InChI is InChI=1S/C33H30N2O4/c1-35(33(38)39-22-23-12-5-2-6-13-23)21-20-26-18-11-19-27-29(26)30(31(34-27)32(36)37)28(24-14-7-3-8-15-24)25-16-9-4-10-17-25/h2-19,28,34H,20-22H2,1H3,(H,36,37). The van der Waals surface area contributed by atoms with Gasteiger partial charge in [-0.05, 0) is 34.7 Å². The number of aromatic amines is 1. The third kappa shape index (κ3) is 5.70. The Morgan fingerprint density at radius 2 is 1.41 bits per heavy atom. The highest BCUT2D eigenvalue weighted by molar-refractivity contribution is 6.00. The predicted octanol–water partition coefficient (Wildman–Crippen LogP) is 6.86. The number of amides is 1. The second kappa shape index (κ2) is 11.7. The first kappa shape index (κ1) is 25.8. The van der Waals surface area contributed by atoms with Crippen molar-refractivity contribution in [2.45, 2.75) is 18.9 Å². The van der Waals surface area contributed by atoms with Crippen molar-refractivity contribution in [3.05, 3.63) is 143 Å². The van der Waals surface area contributed by atoms with Crippen LogP contribution >= 0.6 is 0 Å². The van der Waals surface area contributed by atoms with Crippen LogP contribution in [0, 0.1) is 0 Å². The molecule has 0 aliphatic rings. The van der Waals surface area contributed by atoms with E-state index in [1.807, 2.05) is 109 Å². The maximum atomic E-state index is 12.7. The van der Waals surface area contributed by atoms with Crippen LogP contribution in [0.2, 0.25) is 0 Å². The maximum Gasteiger partial charge on any atom is 0.409 e. The van der Waals surface area contributed by atoms with E-state index in [-0.39, 0.29) is 18.2 Å². The van der Waals surface area contributed by atoms with Crippen LogP contribution in [0.25, 0.3) is 10.9 Å². The fourth-order valence-corrected chi connectivity index (χ4v) is 5.04. The molecular weight excluding hydrogens is 488 g/mol. The van der Waals surface area contributed by atoms with Crippen LogP contribution in [-0.4, -0.2) is 40.6 Å². The minimum absolute atomic E-state index is 0.172. The molecule has 39 heavy (non-hydrogen) atoms. The molecule has 1 amide bonds. The molecule has 196 valence electrons. The second-order valence-corrected chi connectivity index (χ2v) is 9.52. The molecule has 0 radical (unpaired) electrons. The molecule has 1 aromatic heterocycles. The number of rotatable bonds is 9. The van der Waals surface area contributed by atoms with Gasteiger partial charge in [0.1, 0.15) is 12.3 Å². The van der Waals surface area contributed by atoms with Gasteiger partial charge in [0.2, 0.25) is 0 Å². The number of nitrogens with zero attached hydrogens (tertiary/aromatic N) is 1. The molecule has 1 heterocycles. The highest BCUT2D eigenvalue weighted by atomic mass is 16.6. The van der Waals surface area contributed by atoms with Crippen LogP contribution in [0.5, 0.6) is 0 Å². The van der Waals surface area contributed by atoms with Crippen LogP contribution in [-0.2, 0) is 17.8 Å². The van der Waals surface area contributed by atoms with Crippen molar-refractivity contribution < 1.29 is 19.4 Å². The third-order valence-electron chi connectivity index (χ3n) is 6.95. The number of carbonyl (C=O) groups is 2. The molecule has 0 bridgehead atoms. The van der Waals surface area contributed by atoms with Crippen molar-refractivity contribution in [3.8, 4) is 0 Å². The Morgan fingerprint density at radius 1 is 0.821 bits per heavy atom. The molecule has 0 aliphatic carbocycles. The summed E-state index contributed by atoms with van der Waals surface area (Å²) in [5.41, 5.74) is 5.55. The zero-order valence-electron chi connectivity index (χ0n) is 21.7. The third-order valence-corrected chi connectivity index (χ3v) is 6.95. The highest BCUT2D eigenvalue weighted by Gasteiger charge is 2.28. The lowest BCUT2D eigenvalue weighted by molar-refractivity contribution is 0.0690. The van der Waals surface area contributed by atoms with Crippen LogP contribution in [0.15, 0.2) is 109 Å². The van der Waals surface area contributed by atoms with Crippen molar-refractivity contribution in [3.63, 3.8) is 0 Å². The van der Waals surface area contributed by atoms with Gasteiger partial charge in [-0.3, -0.25) is 0 Å². The average Bonchev–Trinajstić information content (AvgIpc) is 3.37. The number of fused-ring (bicyclic) bond motifs is 1. The van der Waals surface area contributed by atoms with Crippen LogP contribution < -0.4 is 0 Å². The molecule has 6 heteroatoms. The average molecular weight is 519 g/mol. The molecule has 0 unspecified atom stereocenters. The van der Waals surface area contributed by atoms with E-state index in [0.29, 0.717) is 13.0 Å². The highest BCUT2D eigenvalue weighted by Crippen LogP contribution is 2.40. The van der Waals surface area contributed by atoms with Crippen LogP contribution in [0.4, 0.5) is 4.79 Å². The molecule has 0 aliphatic heterocycles. The molecule has 2 N–H and O–H groups in total. The van der Waals surface area contributed by atoms with Gasteiger partial charge in [-0.2, -0.15) is 0 Å². The number of benzene rings is 4. The normalized spacial score (nSPS) is 11.0. The molecule has 0 saturated heterocycles. The fraction of sp³-hybridized carbons (Fsp3) is 0.152. The van der Waals surface area contributed by atoms with E-state index in [9.17, 15) is 14.7 Å². The number of hydrogen-bond donors (Lipinski definition) is 2. The number of hydrogen-bond acceptors (Lipinski definition) is 3. The Hall–Kier alpha value is -4.84. The topological polar surface area (TPSA) is 82.6 Å². The summed E-state index contributed by atoms with van der Waals surface area (Å²) in [6, 6.07) is 35.3. The summed E-state index contributed by atoms with van der Waals surface area (Å²) in [6.45, 7) is 0.625. The quantitative estimate of drug-likeness (QED) is 0.223. The Morgan fingerprint density at radius 3 is 2.00 bits per heavy atom. The first-order chi connectivity index (χ1) is 19.0. The summed E-state index contributed by atoms with van der Waals surface area (Å²) in [6.07, 6.45) is 0.132. The number of nitrogens with one attached hydrogen (secondary N) is 1. The molecule has 4 aromatic carbocycles. The SMILES string of the molecule is CN(CCc1cccc2[nH]c(C(=O)O)c(C(c3ccccc3)c3ccccc3)c12)C(=O)OCc1ccccc1. The Bertz CT molecular complexity index is 1520. The molecule has 0 saturated carbocycles. The van der Waals surface area contributed by atoms with Gasteiger partial charge >= 0.3 is 12.1 Å². The van der Waals surface area contributed by atoms with E-state index >= 15 is 0 Å². The molecular formula is C33H30N2O4. The van der Waals surface area contributed by atoms with Gasteiger partial charge < -0.3 is 19.7 Å². The van der Waals surface area contributed by atoms with Gasteiger partial charge in [0, 0.05) is 36.0 Å². The Kier molecular flexibility index (Phi) is 7.73. The summed E-state index contributed by atoms with van der Waals surface area (Å²) < 4.78 is 5.48. The lowest BCUT2D eigenvalue weighted by Crippen LogP contribution is -2.29. The number of ether oxygens (including phenoxy) is 1. The van der Waals surface area contributed by atoms with Gasteiger partial charge in [0.25, 0.3) is 0 Å². The lowest BCUT2D eigenvalue weighted by Gasteiger charge is -2.21. The number of aromatic nitrogens is 1. The minimum atomic E-state index is -1.01. The van der Waals surface area contributed by atoms with E-state index in [2.05, 4.69) is 4.98 Å². The first-order valence-corrected chi connectivity index (χ1v) is 12.9. The number of carboxylic acids is 1. The predicted molar refractivity (Wildman–Crippen MR) is 152 cm³/mol. The monoisotopic (exact) mass is 518 g/mol. The second-order valence-electron chi connectivity index (χ2n) is 9.52. The molecule has 6 nitrogen and oxygen atoms in total. The van der Waals surface area contributed by atoms with Gasteiger partial charge in [0.15, 0.2) is 0 Å². The number of carboxylic acid groups (broad SMARTS) is 1. The minimum Gasteiger partial charge on any atom is -0.477 e. The van der Waals surface area contributed by atoms with Gasteiger partial charge in [0.05, 0.1) is 0 Å². The molecule has 0 spiro atoms. The van der Waals surface area contributed by atoms with Crippen molar-refractivity contribution in [1.29, 1.82) is 0 Å². The van der Waals surface area contributed by atoms with Crippen molar-refractivity contribution in [2.75, 3.05) is 13.6 Å². The van der Waals surface area contributed by atoms with Crippen molar-refractivity contribution >= 4 is 23.0 Å². The molecule has 5 aromatic rings. The summed E-state index contributed by atoms with van der Waals surface area (Å²) in [4.78, 5) is 29.9. The van der Waals surface area contributed by atoms with E-state index < -0.39 is 12.1 Å². The molecule has 5 rings (SSSR count). The maximum absolute atomic E-state index is 12.7. The zero-order chi connectivity index (χ0) is 27.2. The fourth-order valence-electron chi connectivity index (χ4n) is 5.04. The number of carbonyl (C=O) groups excluding carboxylic acids is 1. The number of H-pyrrole nitrogens is 1. The van der Waals surface area contributed by atoms with Crippen molar-refractivity contribution in [1.82, 2.24) is 9.88 Å². The van der Waals surface area contributed by atoms with Crippen LogP contribution in [0.3, 0.4) is 0 Å². The van der Waals surface area contributed by atoms with Crippen LogP contribution in [0.1, 0.15) is 44.2 Å². The van der Waals surface area contributed by atoms with Gasteiger partial charge in [-0.15, -0.1) is 0 Å². The van der Waals surface area contributed by atoms with E-state index in [1.54, 1.807) is 11.9 Å². The summed E-state index contributed by atoms with van der Waals surface area (Å²) >= 11 is 0. The molecule has 0 fully saturated rings. The lowest BCUT2D eigenvalue weighted by atomic mass is 9.82. The van der Waals surface area contributed by atoms with Gasteiger partial charge in [-0.1, -0.05) is 103 Å². The molecule has 0 atom stereocenters. The Balaban J connectivity index is 1.49. The first-order valence-electron chi connectivity index (χ1n) is 12.9. The van der Waals surface area contributed by atoms with E-state index in [1.165, 1.54) is 0 Å². The zero-order valence-corrected chi connectivity index (χ0v) is 21.7. The Labute approximate surface area is 227 Å². The smallest absolute Gasteiger partial charge is 0.409 e. The van der Waals surface area contributed by atoms with E-state index in [4.69, 9.17) is 4.74 Å². The summed E-state index contributed by atoms with van der Waals surface area (Å²) in [7, 11) is 1.71. The largest absolute Gasteiger partial charge is 0.477 e. The summed E-state index contributed by atoms with van der Waals surface area (Å²) in [5.74, 6) is -1.30. The van der Waals surface area contributed by atoms with Crippen molar-refractivity contribution in [2.24, 2.45) is 0 Å². The van der Waals surface area contributed by atoms with Gasteiger partial charge in [-0.25, -0.2) is 9.59 Å². The van der Waals surface area contributed by atoms with E-state index in [0.717, 1.165) is 38.7 Å². The summed E-state index contributed by atoms with van der Waals surface area (Å²) in [5, 5.41) is 11.1. The number of aromatic carboxylic acids is 1. The number of likely N-dealkylation sites (N-methyl/N-ethyl adjacent to an activating group) is 1.